The number of fused-ring (bicyclic) bond motifs is 1. The maximum atomic E-state index is 13.1. The van der Waals surface area contributed by atoms with Gasteiger partial charge in [0.15, 0.2) is 5.82 Å². The average molecular weight is 348 g/mol. The maximum absolute atomic E-state index is 13.1. The van der Waals surface area contributed by atoms with Crippen molar-refractivity contribution in [2.24, 2.45) is 10.9 Å². The number of H-pyrrole nitrogens is 1. The Morgan fingerprint density at radius 1 is 1.12 bits per heavy atom. The van der Waals surface area contributed by atoms with Crippen LogP contribution in [0.15, 0.2) is 65.8 Å². The molecular formula is C20H17FN4O. The second kappa shape index (κ2) is 6.55. The minimum absolute atomic E-state index is 0.182. The van der Waals surface area contributed by atoms with Crippen molar-refractivity contribution in [3.63, 3.8) is 0 Å². The topological polar surface area (TPSA) is 70.1 Å². The van der Waals surface area contributed by atoms with E-state index in [-0.39, 0.29) is 17.6 Å². The highest BCUT2D eigenvalue weighted by Gasteiger charge is 2.38. The van der Waals surface area contributed by atoms with E-state index in [1.54, 1.807) is 18.3 Å². The molecule has 130 valence electrons. The van der Waals surface area contributed by atoms with Crippen molar-refractivity contribution in [1.29, 1.82) is 0 Å². The SMILES string of the molecule is CC1=Nc2[nH]ncc2C(c2ccccc2)C1C(=O)Nc1ccc(F)cc1. The van der Waals surface area contributed by atoms with Gasteiger partial charge < -0.3 is 5.32 Å². The minimum atomic E-state index is -0.479. The molecule has 2 heterocycles. The molecule has 4 rings (SSSR count). The molecule has 0 fully saturated rings. The average Bonchev–Trinajstić information content (AvgIpc) is 3.11. The number of nitrogens with one attached hydrogen (secondary N) is 2. The molecule has 0 bridgehead atoms. The molecule has 2 unspecified atom stereocenters. The Hall–Kier alpha value is -3.28. The molecule has 2 aromatic carbocycles. The van der Waals surface area contributed by atoms with Crippen LogP contribution in [0.4, 0.5) is 15.9 Å². The monoisotopic (exact) mass is 348 g/mol. The summed E-state index contributed by atoms with van der Waals surface area (Å²) < 4.78 is 13.1. The zero-order valence-corrected chi connectivity index (χ0v) is 14.1. The predicted molar refractivity (Wildman–Crippen MR) is 98.2 cm³/mol. The van der Waals surface area contributed by atoms with Gasteiger partial charge >= 0.3 is 0 Å². The van der Waals surface area contributed by atoms with E-state index in [0.717, 1.165) is 11.1 Å². The van der Waals surface area contributed by atoms with Crippen molar-refractivity contribution in [3.8, 4) is 0 Å². The molecule has 6 heteroatoms. The van der Waals surface area contributed by atoms with E-state index in [9.17, 15) is 9.18 Å². The van der Waals surface area contributed by atoms with Gasteiger partial charge in [0.2, 0.25) is 5.91 Å². The Kier molecular flexibility index (Phi) is 4.08. The number of rotatable bonds is 3. The summed E-state index contributed by atoms with van der Waals surface area (Å²) in [7, 11) is 0. The summed E-state index contributed by atoms with van der Waals surface area (Å²) in [6.45, 7) is 1.84. The van der Waals surface area contributed by atoms with Crippen molar-refractivity contribution in [2.45, 2.75) is 12.8 Å². The standard InChI is InChI=1S/C20H17FN4O/c1-12-17(20(26)24-15-9-7-14(21)8-10-15)18(13-5-3-2-4-6-13)16-11-22-25-19(16)23-12/h2-11,17-18H,1H3,(H,22,25)(H,24,26). The van der Waals surface area contributed by atoms with Gasteiger partial charge in [-0.25, -0.2) is 9.38 Å². The molecule has 1 aromatic heterocycles. The van der Waals surface area contributed by atoms with Crippen molar-refractivity contribution in [1.82, 2.24) is 10.2 Å². The van der Waals surface area contributed by atoms with Crippen LogP contribution in [-0.4, -0.2) is 21.8 Å². The van der Waals surface area contributed by atoms with Crippen LogP contribution in [0, 0.1) is 11.7 Å². The van der Waals surface area contributed by atoms with Crippen LogP contribution >= 0.6 is 0 Å². The zero-order chi connectivity index (χ0) is 18.1. The molecule has 5 nitrogen and oxygen atoms in total. The zero-order valence-electron chi connectivity index (χ0n) is 14.1. The fraction of sp³-hybridized carbons (Fsp3) is 0.150. The quantitative estimate of drug-likeness (QED) is 0.750. The largest absolute Gasteiger partial charge is 0.325 e. The van der Waals surface area contributed by atoms with Crippen molar-refractivity contribution in [3.05, 3.63) is 77.7 Å². The molecule has 0 saturated carbocycles. The Bertz CT molecular complexity index is 963. The van der Waals surface area contributed by atoms with Crippen LogP contribution in [0.25, 0.3) is 0 Å². The number of carbonyl (C=O) groups is 1. The van der Waals surface area contributed by atoms with E-state index >= 15 is 0 Å². The van der Waals surface area contributed by atoms with Gasteiger partial charge in [-0.15, -0.1) is 0 Å². The molecule has 2 N–H and O–H groups in total. The first-order valence-corrected chi connectivity index (χ1v) is 8.33. The highest BCUT2D eigenvalue weighted by atomic mass is 19.1. The number of benzene rings is 2. The summed E-state index contributed by atoms with van der Waals surface area (Å²) in [6, 6.07) is 15.6. The molecule has 1 aliphatic rings. The lowest BCUT2D eigenvalue weighted by Gasteiger charge is -2.29. The Morgan fingerprint density at radius 3 is 2.58 bits per heavy atom. The molecule has 0 radical (unpaired) electrons. The summed E-state index contributed by atoms with van der Waals surface area (Å²) in [6.07, 6.45) is 1.72. The van der Waals surface area contributed by atoms with E-state index in [1.807, 2.05) is 37.3 Å². The van der Waals surface area contributed by atoms with Crippen LogP contribution < -0.4 is 5.32 Å². The summed E-state index contributed by atoms with van der Waals surface area (Å²) in [5, 5.41) is 9.86. The normalized spacial score (nSPS) is 18.8. The van der Waals surface area contributed by atoms with Gasteiger partial charge in [0, 0.05) is 22.9 Å². The second-order valence-electron chi connectivity index (χ2n) is 6.29. The van der Waals surface area contributed by atoms with Gasteiger partial charge in [-0.2, -0.15) is 5.10 Å². The predicted octanol–water partition coefficient (Wildman–Crippen LogP) is 4.04. The summed E-state index contributed by atoms with van der Waals surface area (Å²) in [5.41, 5.74) is 3.16. The summed E-state index contributed by atoms with van der Waals surface area (Å²) in [4.78, 5) is 17.6. The van der Waals surface area contributed by atoms with Gasteiger partial charge in [0.1, 0.15) is 5.82 Å². The summed E-state index contributed by atoms with van der Waals surface area (Å²) in [5.74, 6) is -0.514. The molecular weight excluding hydrogens is 331 g/mol. The van der Waals surface area contributed by atoms with Gasteiger partial charge in [0.05, 0.1) is 12.1 Å². The van der Waals surface area contributed by atoms with E-state index in [4.69, 9.17) is 0 Å². The molecule has 26 heavy (non-hydrogen) atoms. The van der Waals surface area contributed by atoms with Crippen molar-refractivity contribution < 1.29 is 9.18 Å². The first kappa shape index (κ1) is 16.2. The molecule has 3 aromatic rings. The van der Waals surface area contributed by atoms with Gasteiger partial charge in [0.25, 0.3) is 0 Å². The minimum Gasteiger partial charge on any atom is -0.325 e. The van der Waals surface area contributed by atoms with Crippen molar-refractivity contribution in [2.75, 3.05) is 5.32 Å². The molecule has 0 aliphatic carbocycles. The third kappa shape index (κ3) is 2.90. The maximum Gasteiger partial charge on any atom is 0.234 e. The number of aromatic amines is 1. The number of anilines is 1. The lowest BCUT2D eigenvalue weighted by Crippen LogP contribution is -2.35. The first-order chi connectivity index (χ1) is 12.6. The number of halogens is 1. The number of aliphatic imine (C=N–C) groups is 1. The smallest absolute Gasteiger partial charge is 0.234 e. The van der Waals surface area contributed by atoms with Crippen LogP contribution in [-0.2, 0) is 4.79 Å². The third-order valence-electron chi connectivity index (χ3n) is 4.61. The molecule has 0 saturated heterocycles. The number of nitrogens with zero attached hydrogens (tertiary/aromatic N) is 2. The summed E-state index contributed by atoms with van der Waals surface area (Å²) >= 11 is 0. The lowest BCUT2D eigenvalue weighted by atomic mass is 9.77. The Balaban J connectivity index is 1.72. The molecule has 1 amide bonds. The van der Waals surface area contributed by atoms with Gasteiger partial charge in [-0.3, -0.25) is 9.89 Å². The Labute approximate surface area is 150 Å². The number of hydrogen-bond donors (Lipinski definition) is 2. The van der Waals surface area contributed by atoms with E-state index in [0.29, 0.717) is 17.2 Å². The van der Waals surface area contributed by atoms with Gasteiger partial charge in [-0.1, -0.05) is 30.3 Å². The number of hydrogen-bond acceptors (Lipinski definition) is 3. The Morgan fingerprint density at radius 2 is 1.85 bits per heavy atom. The fourth-order valence-corrected chi connectivity index (χ4v) is 3.40. The van der Waals surface area contributed by atoms with E-state index in [1.165, 1.54) is 12.1 Å². The van der Waals surface area contributed by atoms with E-state index < -0.39 is 5.92 Å². The third-order valence-corrected chi connectivity index (χ3v) is 4.61. The van der Waals surface area contributed by atoms with Gasteiger partial charge in [-0.05, 0) is 36.8 Å². The van der Waals surface area contributed by atoms with Crippen LogP contribution in [0.1, 0.15) is 24.0 Å². The highest BCUT2D eigenvalue weighted by Crippen LogP contribution is 2.41. The number of amides is 1. The lowest BCUT2D eigenvalue weighted by molar-refractivity contribution is -0.118. The van der Waals surface area contributed by atoms with E-state index in [2.05, 4.69) is 20.5 Å². The van der Waals surface area contributed by atoms with Crippen LogP contribution in [0.3, 0.4) is 0 Å². The number of carbonyl (C=O) groups excluding carboxylic acids is 1. The van der Waals surface area contributed by atoms with Crippen molar-refractivity contribution >= 4 is 23.1 Å². The number of aromatic nitrogens is 2. The fourth-order valence-electron chi connectivity index (χ4n) is 3.40. The molecule has 0 spiro atoms. The van der Waals surface area contributed by atoms with Crippen LogP contribution in [0.2, 0.25) is 0 Å². The highest BCUT2D eigenvalue weighted by molar-refractivity contribution is 6.11. The molecule has 2 atom stereocenters. The second-order valence-corrected chi connectivity index (χ2v) is 6.29. The van der Waals surface area contributed by atoms with Crippen LogP contribution in [0.5, 0.6) is 0 Å². The first-order valence-electron chi connectivity index (χ1n) is 8.33. The molecule has 1 aliphatic heterocycles.